The Kier molecular flexibility index (Phi) is 5.79. The number of nitrogens with one attached hydrogen (secondary N) is 1. The van der Waals surface area contributed by atoms with Crippen molar-refractivity contribution in [1.82, 2.24) is 0 Å². The number of thiophene rings is 1. The van der Waals surface area contributed by atoms with Gasteiger partial charge >= 0.3 is 0 Å². The van der Waals surface area contributed by atoms with E-state index in [2.05, 4.69) is 26.1 Å². The molecule has 150 valence electrons. The van der Waals surface area contributed by atoms with Crippen molar-refractivity contribution >= 4 is 34.2 Å². The van der Waals surface area contributed by atoms with Gasteiger partial charge in [-0.2, -0.15) is 0 Å². The average molecular weight is 401 g/mol. The van der Waals surface area contributed by atoms with Crippen LogP contribution in [0.5, 0.6) is 0 Å². The fourth-order valence-electron chi connectivity index (χ4n) is 3.74. The Morgan fingerprint density at radius 3 is 2.75 bits per heavy atom. The van der Waals surface area contributed by atoms with Crippen LogP contribution in [0.1, 0.15) is 65.9 Å². The summed E-state index contributed by atoms with van der Waals surface area (Å²) in [5, 5.41) is 3.40. The van der Waals surface area contributed by atoms with Gasteiger partial charge in [0.2, 0.25) is 5.91 Å². The summed E-state index contributed by atoms with van der Waals surface area (Å²) in [6.07, 6.45) is 6.93. The Bertz CT molecular complexity index is 920. The second-order valence-corrected chi connectivity index (χ2v) is 9.23. The number of furan rings is 1. The van der Waals surface area contributed by atoms with Crippen molar-refractivity contribution in [3.8, 4) is 0 Å². The summed E-state index contributed by atoms with van der Waals surface area (Å²) in [5.74, 6) is 1.17. The highest BCUT2D eigenvalue weighted by molar-refractivity contribution is 7.17. The van der Waals surface area contributed by atoms with Gasteiger partial charge < -0.3 is 15.5 Å². The molecular weight excluding hydrogens is 372 g/mol. The predicted octanol–water partition coefficient (Wildman–Crippen LogP) is 4.94. The van der Waals surface area contributed by atoms with Gasteiger partial charge in [0.05, 0.1) is 5.56 Å². The number of nitrogens with two attached hydrogens (primary N) is 1. The first-order valence-corrected chi connectivity index (χ1v) is 10.5. The summed E-state index contributed by atoms with van der Waals surface area (Å²) in [7, 11) is 0. The molecule has 0 saturated heterocycles. The minimum atomic E-state index is -0.480. The molecule has 0 radical (unpaired) electrons. The Morgan fingerprint density at radius 1 is 1.39 bits per heavy atom. The van der Waals surface area contributed by atoms with Crippen molar-refractivity contribution in [3.05, 3.63) is 45.7 Å². The van der Waals surface area contributed by atoms with Crippen LogP contribution >= 0.6 is 11.3 Å². The Balaban J connectivity index is 1.81. The zero-order valence-corrected chi connectivity index (χ0v) is 17.7. The molecule has 0 aromatic carbocycles. The number of carbonyl (C=O) groups is 2. The van der Waals surface area contributed by atoms with Gasteiger partial charge in [-0.15, -0.1) is 11.3 Å². The lowest BCUT2D eigenvalue weighted by Gasteiger charge is -2.36. The van der Waals surface area contributed by atoms with Gasteiger partial charge in [0.15, 0.2) is 0 Å². The van der Waals surface area contributed by atoms with E-state index in [-0.39, 0.29) is 11.3 Å². The van der Waals surface area contributed by atoms with Gasteiger partial charge in [0.1, 0.15) is 16.5 Å². The van der Waals surface area contributed by atoms with E-state index in [0.29, 0.717) is 22.2 Å². The molecule has 0 saturated carbocycles. The highest BCUT2D eigenvalue weighted by atomic mass is 32.1. The molecule has 1 aliphatic carbocycles. The van der Waals surface area contributed by atoms with E-state index in [1.165, 1.54) is 22.3 Å². The fourth-order valence-corrected chi connectivity index (χ4v) is 5.08. The monoisotopic (exact) mass is 400 g/mol. The number of amides is 2. The molecule has 3 rings (SSSR count). The van der Waals surface area contributed by atoms with Crippen LogP contribution in [0.4, 0.5) is 5.00 Å². The van der Waals surface area contributed by atoms with Gasteiger partial charge in [-0.25, -0.2) is 0 Å². The van der Waals surface area contributed by atoms with Crippen LogP contribution in [0.3, 0.4) is 0 Å². The van der Waals surface area contributed by atoms with E-state index < -0.39 is 5.91 Å². The quantitative estimate of drug-likeness (QED) is 0.673. The minimum absolute atomic E-state index is 0.252. The molecule has 1 unspecified atom stereocenters. The van der Waals surface area contributed by atoms with Crippen molar-refractivity contribution in [2.75, 3.05) is 5.32 Å². The van der Waals surface area contributed by atoms with Gasteiger partial charge in [-0.05, 0) is 61.3 Å². The van der Waals surface area contributed by atoms with Crippen LogP contribution in [-0.2, 0) is 17.6 Å². The van der Waals surface area contributed by atoms with E-state index in [4.69, 9.17) is 10.2 Å². The molecule has 5 nitrogen and oxygen atoms in total. The first kappa shape index (κ1) is 20.4. The van der Waals surface area contributed by atoms with Crippen molar-refractivity contribution in [2.45, 2.75) is 53.4 Å². The molecule has 0 aliphatic heterocycles. The molecule has 6 heteroatoms. The number of rotatable bonds is 6. The normalized spacial score (nSPS) is 16.9. The lowest BCUT2D eigenvalue weighted by atomic mass is 9.69. The largest absolute Gasteiger partial charge is 0.462 e. The summed E-state index contributed by atoms with van der Waals surface area (Å²) in [4.78, 5) is 25.6. The van der Waals surface area contributed by atoms with Crippen molar-refractivity contribution in [1.29, 1.82) is 0 Å². The van der Waals surface area contributed by atoms with E-state index in [0.717, 1.165) is 37.0 Å². The van der Waals surface area contributed by atoms with Crippen molar-refractivity contribution in [2.24, 2.45) is 17.1 Å². The lowest BCUT2D eigenvalue weighted by Crippen LogP contribution is -2.29. The van der Waals surface area contributed by atoms with Crippen LogP contribution in [-0.4, -0.2) is 11.8 Å². The van der Waals surface area contributed by atoms with Gasteiger partial charge in [-0.1, -0.05) is 27.2 Å². The maximum Gasteiger partial charge on any atom is 0.251 e. The third-order valence-electron chi connectivity index (χ3n) is 5.92. The third kappa shape index (κ3) is 4.22. The lowest BCUT2D eigenvalue weighted by molar-refractivity contribution is -0.111. The summed E-state index contributed by atoms with van der Waals surface area (Å²) < 4.78 is 5.43. The van der Waals surface area contributed by atoms with E-state index in [9.17, 15) is 9.59 Å². The zero-order valence-electron chi connectivity index (χ0n) is 16.9. The molecule has 28 heavy (non-hydrogen) atoms. The minimum Gasteiger partial charge on any atom is -0.462 e. The number of hydrogen-bond donors (Lipinski definition) is 2. The van der Waals surface area contributed by atoms with E-state index in [1.54, 1.807) is 12.1 Å². The summed E-state index contributed by atoms with van der Waals surface area (Å²) >= 11 is 1.48. The van der Waals surface area contributed by atoms with Crippen molar-refractivity contribution < 1.29 is 14.0 Å². The SMILES string of the molecule is CCC(C)(C)C1CCc2c(sc(NC(=O)/C=C/c3ccc(C)o3)c2C(N)=O)C1. The van der Waals surface area contributed by atoms with Crippen LogP contribution in [0.15, 0.2) is 22.6 Å². The topological polar surface area (TPSA) is 85.3 Å². The van der Waals surface area contributed by atoms with Crippen molar-refractivity contribution in [3.63, 3.8) is 0 Å². The van der Waals surface area contributed by atoms with Crippen LogP contribution in [0.25, 0.3) is 6.08 Å². The Morgan fingerprint density at radius 2 is 2.14 bits per heavy atom. The standard InChI is InChI=1S/C22H28N2O3S/c1-5-22(3,4)14-7-10-16-17(12-14)28-21(19(16)20(23)26)24-18(25)11-9-15-8-6-13(2)27-15/h6,8-9,11,14H,5,7,10,12H2,1-4H3,(H2,23,26)(H,24,25)/b11-9+. The molecule has 2 aromatic heterocycles. The third-order valence-corrected chi connectivity index (χ3v) is 7.09. The number of carbonyl (C=O) groups excluding carboxylic acids is 2. The molecule has 0 spiro atoms. The highest BCUT2D eigenvalue weighted by Crippen LogP contribution is 2.45. The maximum absolute atomic E-state index is 12.4. The van der Waals surface area contributed by atoms with Gasteiger partial charge in [0, 0.05) is 11.0 Å². The molecule has 0 bridgehead atoms. The smallest absolute Gasteiger partial charge is 0.251 e. The molecule has 2 aromatic rings. The molecule has 3 N–H and O–H groups in total. The number of anilines is 1. The second kappa shape index (κ2) is 7.95. The molecular formula is C22H28N2O3S. The van der Waals surface area contributed by atoms with Gasteiger partial charge in [-0.3, -0.25) is 9.59 Å². The maximum atomic E-state index is 12.4. The van der Waals surface area contributed by atoms with Crippen LogP contribution in [0, 0.1) is 18.3 Å². The first-order chi connectivity index (χ1) is 13.2. The number of fused-ring (bicyclic) bond motifs is 1. The summed E-state index contributed by atoms with van der Waals surface area (Å²) in [6.45, 7) is 8.67. The van der Waals surface area contributed by atoms with Crippen LogP contribution in [0.2, 0.25) is 0 Å². The molecule has 2 amide bonds. The van der Waals surface area contributed by atoms with E-state index in [1.807, 2.05) is 13.0 Å². The summed E-state index contributed by atoms with van der Waals surface area (Å²) in [6, 6.07) is 3.64. The molecule has 0 fully saturated rings. The fraction of sp³-hybridized carbons (Fsp3) is 0.455. The second-order valence-electron chi connectivity index (χ2n) is 8.13. The molecule has 1 aliphatic rings. The Labute approximate surface area is 170 Å². The molecule has 1 atom stereocenters. The Hall–Kier alpha value is -2.34. The average Bonchev–Trinajstić information content (AvgIpc) is 3.21. The molecule has 2 heterocycles. The predicted molar refractivity (Wildman–Crippen MR) is 114 cm³/mol. The van der Waals surface area contributed by atoms with Crippen LogP contribution < -0.4 is 11.1 Å². The summed E-state index contributed by atoms with van der Waals surface area (Å²) in [5.41, 5.74) is 7.40. The zero-order chi connectivity index (χ0) is 20.5. The number of aryl methyl sites for hydroxylation is 1. The number of primary amides is 1. The van der Waals surface area contributed by atoms with Gasteiger partial charge in [0.25, 0.3) is 5.91 Å². The van der Waals surface area contributed by atoms with E-state index >= 15 is 0 Å². The highest BCUT2D eigenvalue weighted by Gasteiger charge is 2.34. The number of hydrogen-bond acceptors (Lipinski definition) is 4. The first-order valence-electron chi connectivity index (χ1n) is 9.71.